The highest BCUT2D eigenvalue weighted by Crippen LogP contribution is 2.38. The number of benzene rings is 1. The van der Waals surface area contributed by atoms with Crippen molar-refractivity contribution < 1.29 is 17.7 Å². The van der Waals surface area contributed by atoms with Gasteiger partial charge in [-0.1, -0.05) is 30.6 Å². The van der Waals surface area contributed by atoms with Crippen LogP contribution in [-0.2, 0) is 10.0 Å². The molecule has 1 atom stereocenters. The monoisotopic (exact) mass is 426 g/mol. The van der Waals surface area contributed by atoms with Crippen molar-refractivity contribution in [2.75, 3.05) is 14.1 Å². The fraction of sp³-hybridized carbons (Fsp3) is 0.500. The van der Waals surface area contributed by atoms with E-state index >= 15 is 0 Å². The molecule has 152 valence electrons. The molecule has 0 saturated heterocycles. The van der Waals surface area contributed by atoms with Gasteiger partial charge in [0.1, 0.15) is 10.9 Å². The van der Waals surface area contributed by atoms with Crippen molar-refractivity contribution in [3.63, 3.8) is 0 Å². The number of rotatable bonds is 7. The van der Waals surface area contributed by atoms with Gasteiger partial charge in [0.2, 0.25) is 15.9 Å². The largest absolute Gasteiger partial charge is 0.340 e. The maximum Gasteiger partial charge on any atom is 0.251 e. The molecule has 1 heterocycles. The average Bonchev–Trinajstić information content (AvgIpc) is 3.37. The van der Waals surface area contributed by atoms with Gasteiger partial charge in [0.25, 0.3) is 5.91 Å². The number of sulfonamides is 1. The van der Waals surface area contributed by atoms with Crippen LogP contribution in [0.25, 0.3) is 0 Å². The summed E-state index contributed by atoms with van der Waals surface area (Å²) in [4.78, 5) is 17.1. The fourth-order valence-corrected chi connectivity index (χ4v) is 4.05. The van der Waals surface area contributed by atoms with Crippen LogP contribution in [0.15, 0.2) is 27.6 Å². The van der Waals surface area contributed by atoms with Gasteiger partial charge in [0.05, 0.1) is 5.02 Å². The smallest absolute Gasteiger partial charge is 0.251 e. The minimum atomic E-state index is -3.78. The van der Waals surface area contributed by atoms with Crippen molar-refractivity contribution in [2.24, 2.45) is 5.92 Å². The van der Waals surface area contributed by atoms with E-state index in [9.17, 15) is 13.2 Å². The highest BCUT2D eigenvalue weighted by atomic mass is 35.5. The van der Waals surface area contributed by atoms with Crippen molar-refractivity contribution in [3.05, 3.63) is 40.5 Å². The highest BCUT2D eigenvalue weighted by Gasteiger charge is 2.32. The summed E-state index contributed by atoms with van der Waals surface area (Å²) in [5.41, 5.74) is 0.178. The maximum absolute atomic E-state index is 12.8. The molecule has 0 bridgehead atoms. The quantitative estimate of drug-likeness (QED) is 0.729. The molecule has 3 rings (SSSR count). The Labute approximate surface area is 169 Å². The van der Waals surface area contributed by atoms with E-state index in [-0.39, 0.29) is 21.4 Å². The molecule has 1 unspecified atom stereocenters. The van der Waals surface area contributed by atoms with Gasteiger partial charge in [-0.05, 0) is 37.0 Å². The van der Waals surface area contributed by atoms with Crippen LogP contribution >= 0.6 is 11.6 Å². The Hall–Kier alpha value is -1.97. The zero-order valence-electron chi connectivity index (χ0n) is 16.1. The highest BCUT2D eigenvalue weighted by molar-refractivity contribution is 7.89. The van der Waals surface area contributed by atoms with Crippen LogP contribution in [0.2, 0.25) is 5.02 Å². The molecule has 1 N–H and O–H groups in total. The predicted molar refractivity (Wildman–Crippen MR) is 104 cm³/mol. The van der Waals surface area contributed by atoms with Crippen molar-refractivity contribution >= 4 is 27.5 Å². The van der Waals surface area contributed by atoms with Crippen LogP contribution in [0.1, 0.15) is 60.7 Å². The van der Waals surface area contributed by atoms with E-state index < -0.39 is 22.0 Å². The first-order valence-electron chi connectivity index (χ1n) is 8.97. The van der Waals surface area contributed by atoms with Gasteiger partial charge in [-0.25, -0.2) is 12.7 Å². The molecule has 1 aromatic carbocycles. The second-order valence-corrected chi connectivity index (χ2v) is 9.92. The van der Waals surface area contributed by atoms with Crippen molar-refractivity contribution in [3.8, 4) is 0 Å². The number of carbonyl (C=O) groups excluding carboxylic acids is 1. The molecular formula is C18H23ClN4O4S. The topological polar surface area (TPSA) is 105 Å². The number of halogens is 1. The lowest BCUT2D eigenvalue weighted by Gasteiger charge is -2.19. The van der Waals surface area contributed by atoms with E-state index in [0.29, 0.717) is 17.6 Å². The van der Waals surface area contributed by atoms with Crippen LogP contribution in [-0.4, -0.2) is 42.9 Å². The molecule has 1 aromatic heterocycles. The Morgan fingerprint density at radius 2 is 2.00 bits per heavy atom. The van der Waals surface area contributed by atoms with Gasteiger partial charge in [0.15, 0.2) is 5.82 Å². The molecule has 1 aliphatic rings. The number of carbonyl (C=O) groups is 1. The van der Waals surface area contributed by atoms with E-state index in [1.807, 2.05) is 13.8 Å². The molecular weight excluding hydrogens is 404 g/mol. The third-order valence-corrected chi connectivity index (χ3v) is 6.87. The number of nitrogens with zero attached hydrogens (tertiary/aromatic N) is 3. The van der Waals surface area contributed by atoms with Gasteiger partial charge in [-0.2, -0.15) is 4.98 Å². The molecule has 10 heteroatoms. The third-order valence-electron chi connectivity index (χ3n) is 4.57. The van der Waals surface area contributed by atoms with E-state index in [0.717, 1.165) is 17.1 Å². The van der Waals surface area contributed by atoms with E-state index in [1.54, 1.807) is 0 Å². The number of hydrogen-bond donors (Lipinski definition) is 1. The lowest BCUT2D eigenvalue weighted by atomic mass is 10.0. The second-order valence-electron chi connectivity index (χ2n) is 7.39. The molecule has 0 radical (unpaired) electrons. The lowest BCUT2D eigenvalue weighted by Crippen LogP contribution is -2.32. The van der Waals surface area contributed by atoms with Gasteiger partial charge >= 0.3 is 0 Å². The van der Waals surface area contributed by atoms with E-state index in [1.165, 1.54) is 32.3 Å². The van der Waals surface area contributed by atoms with E-state index in [4.69, 9.17) is 16.1 Å². The molecule has 1 amide bonds. The third kappa shape index (κ3) is 4.21. The van der Waals surface area contributed by atoms with Gasteiger partial charge in [-0.15, -0.1) is 0 Å². The summed E-state index contributed by atoms with van der Waals surface area (Å²) in [5, 5.41) is 6.91. The summed E-state index contributed by atoms with van der Waals surface area (Å²) in [6.07, 6.45) is 2.09. The standard InChI is InChI=1S/C18H23ClN4O4S/c1-10(2)15(18-21-16(22-27-18)11-5-6-11)20-17(24)12-7-8-13(19)14(9-12)28(25,26)23(3)4/h7-11,15H,5-6H2,1-4H3,(H,20,24). The summed E-state index contributed by atoms with van der Waals surface area (Å²) < 4.78 is 31.3. The minimum Gasteiger partial charge on any atom is -0.340 e. The van der Waals surface area contributed by atoms with E-state index in [2.05, 4.69) is 15.5 Å². The molecule has 2 aromatic rings. The summed E-state index contributed by atoms with van der Waals surface area (Å²) in [7, 11) is -0.973. The molecule has 8 nitrogen and oxygen atoms in total. The summed E-state index contributed by atoms with van der Waals surface area (Å²) in [6.45, 7) is 3.85. The first kappa shape index (κ1) is 20.8. The zero-order valence-corrected chi connectivity index (χ0v) is 17.7. The number of nitrogens with one attached hydrogen (secondary N) is 1. The number of amides is 1. The first-order chi connectivity index (χ1) is 13.1. The Morgan fingerprint density at radius 1 is 1.32 bits per heavy atom. The molecule has 0 aliphatic heterocycles. The predicted octanol–water partition coefficient (Wildman–Crippen LogP) is 2.98. The Kier molecular flexibility index (Phi) is 5.79. The lowest BCUT2D eigenvalue weighted by molar-refractivity contribution is 0.0913. The van der Waals surface area contributed by atoms with Gasteiger partial charge in [0, 0.05) is 25.6 Å². The van der Waals surface area contributed by atoms with Crippen LogP contribution in [0.3, 0.4) is 0 Å². The maximum atomic E-state index is 12.8. The number of aromatic nitrogens is 2. The molecule has 1 aliphatic carbocycles. The Balaban J connectivity index is 1.86. The zero-order chi connectivity index (χ0) is 20.6. The van der Waals surface area contributed by atoms with Crippen molar-refractivity contribution in [2.45, 2.75) is 43.5 Å². The summed E-state index contributed by atoms with van der Waals surface area (Å²) in [6, 6.07) is 3.66. The normalized spacial score (nSPS) is 15.8. The first-order valence-corrected chi connectivity index (χ1v) is 10.8. The van der Waals surface area contributed by atoms with Crippen LogP contribution in [0, 0.1) is 5.92 Å². The summed E-state index contributed by atoms with van der Waals surface area (Å²) in [5.74, 6) is 0.905. The Morgan fingerprint density at radius 3 is 2.57 bits per heavy atom. The molecule has 1 fully saturated rings. The minimum absolute atomic E-state index is 0.00580. The summed E-state index contributed by atoms with van der Waals surface area (Å²) >= 11 is 6.05. The van der Waals surface area contributed by atoms with Crippen LogP contribution in [0.4, 0.5) is 0 Å². The SMILES string of the molecule is CC(C)C(NC(=O)c1ccc(Cl)c(S(=O)(=O)N(C)C)c1)c1nc(C2CC2)no1. The van der Waals surface area contributed by atoms with Crippen LogP contribution < -0.4 is 5.32 Å². The van der Waals surface area contributed by atoms with Crippen molar-refractivity contribution in [1.29, 1.82) is 0 Å². The molecule has 0 spiro atoms. The van der Waals surface area contributed by atoms with Crippen LogP contribution in [0.5, 0.6) is 0 Å². The molecule has 28 heavy (non-hydrogen) atoms. The molecule has 1 saturated carbocycles. The van der Waals surface area contributed by atoms with Crippen molar-refractivity contribution in [1.82, 2.24) is 19.8 Å². The van der Waals surface area contributed by atoms with Gasteiger partial charge < -0.3 is 9.84 Å². The van der Waals surface area contributed by atoms with Gasteiger partial charge in [-0.3, -0.25) is 4.79 Å². The average molecular weight is 427 g/mol. The fourth-order valence-electron chi connectivity index (χ4n) is 2.66. The second kappa shape index (κ2) is 7.81. The Bertz CT molecular complexity index is 983. The number of hydrogen-bond acceptors (Lipinski definition) is 6.